The standard InChI is InChI=1S/C16H9FN2O2/c17-14-6-5-11(9-10(14)7-8-18)19-15(20)12-3-1-2-4-13(12)16(19)21/h1-6,9H,7H2. The van der Waals surface area contributed by atoms with Gasteiger partial charge in [0.25, 0.3) is 11.8 Å². The number of nitrogens with zero attached hydrogens (tertiary/aromatic N) is 2. The van der Waals surface area contributed by atoms with Crippen LogP contribution in [0.2, 0.25) is 0 Å². The Morgan fingerprint density at radius 2 is 1.67 bits per heavy atom. The number of amides is 2. The van der Waals surface area contributed by atoms with Crippen molar-refractivity contribution in [1.82, 2.24) is 0 Å². The largest absolute Gasteiger partial charge is 0.268 e. The summed E-state index contributed by atoms with van der Waals surface area (Å²) in [6.07, 6.45) is -0.122. The van der Waals surface area contributed by atoms with Crippen molar-refractivity contribution in [3.8, 4) is 6.07 Å². The first-order valence-electron chi connectivity index (χ1n) is 6.26. The maximum Gasteiger partial charge on any atom is 0.266 e. The van der Waals surface area contributed by atoms with E-state index in [9.17, 15) is 14.0 Å². The van der Waals surface area contributed by atoms with Crippen LogP contribution in [-0.2, 0) is 6.42 Å². The topological polar surface area (TPSA) is 61.2 Å². The van der Waals surface area contributed by atoms with Crippen LogP contribution in [0.3, 0.4) is 0 Å². The second-order valence-corrected chi connectivity index (χ2v) is 4.60. The molecule has 1 aliphatic heterocycles. The number of halogens is 1. The van der Waals surface area contributed by atoms with Gasteiger partial charge in [0.2, 0.25) is 0 Å². The molecule has 0 spiro atoms. The monoisotopic (exact) mass is 280 g/mol. The molecule has 3 rings (SSSR count). The summed E-state index contributed by atoms with van der Waals surface area (Å²) in [5.41, 5.74) is 1.08. The zero-order valence-electron chi connectivity index (χ0n) is 10.8. The molecule has 0 aliphatic carbocycles. The molecule has 2 amide bonds. The van der Waals surface area contributed by atoms with Crippen molar-refractivity contribution in [2.24, 2.45) is 0 Å². The van der Waals surface area contributed by atoms with Gasteiger partial charge in [-0.1, -0.05) is 12.1 Å². The molecule has 0 atom stereocenters. The molecule has 0 unspecified atom stereocenters. The maximum absolute atomic E-state index is 13.6. The van der Waals surface area contributed by atoms with E-state index in [1.54, 1.807) is 24.3 Å². The van der Waals surface area contributed by atoms with Gasteiger partial charge in [-0.15, -0.1) is 0 Å². The van der Waals surface area contributed by atoms with Crippen molar-refractivity contribution in [3.05, 3.63) is 65.0 Å². The van der Waals surface area contributed by atoms with Crippen LogP contribution in [0, 0.1) is 17.1 Å². The van der Waals surface area contributed by atoms with Gasteiger partial charge in [0, 0.05) is 5.56 Å². The molecule has 4 nitrogen and oxygen atoms in total. The van der Waals surface area contributed by atoms with Crippen molar-refractivity contribution < 1.29 is 14.0 Å². The highest BCUT2D eigenvalue weighted by atomic mass is 19.1. The summed E-state index contributed by atoms with van der Waals surface area (Å²) in [7, 11) is 0. The van der Waals surface area contributed by atoms with Gasteiger partial charge in [-0.2, -0.15) is 5.26 Å². The van der Waals surface area contributed by atoms with Crippen LogP contribution in [0.4, 0.5) is 10.1 Å². The van der Waals surface area contributed by atoms with Crippen LogP contribution in [0.25, 0.3) is 0 Å². The third-order valence-corrected chi connectivity index (χ3v) is 3.35. The van der Waals surface area contributed by atoms with E-state index in [1.165, 1.54) is 12.1 Å². The Bertz CT molecular complexity index is 773. The lowest BCUT2D eigenvalue weighted by atomic mass is 10.1. The first kappa shape index (κ1) is 13.0. The summed E-state index contributed by atoms with van der Waals surface area (Å²) < 4.78 is 13.6. The average Bonchev–Trinajstić information content (AvgIpc) is 2.74. The van der Waals surface area contributed by atoms with Crippen LogP contribution in [0.15, 0.2) is 42.5 Å². The lowest BCUT2D eigenvalue weighted by Gasteiger charge is -2.14. The molecule has 1 aliphatic rings. The smallest absolute Gasteiger partial charge is 0.266 e. The first-order valence-corrected chi connectivity index (χ1v) is 6.26. The normalized spacial score (nSPS) is 13.2. The van der Waals surface area contributed by atoms with E-state index in [-0.39, 0.29) is 17.7 Å². The minimum Gasteiger partial charge on any atom is -0.268 e. The number of imide groups is 1. The fourth-order valence-electron chi connectivity index (χ4n) is 2.34. The van der Waals surface area contributed by atoms with Crippen molar-refractivity contribution >= 4 is 17.5 Å². The lowest BCUT2D eigenvalue weighted by Crippen LogP contribution is -2.29. The highest BCUT2D eigenvalue weighted by Gasteiger charge is 2.36. The first-order chi connectivity index (χ1) is 10.1. The van der Waals surface area contributed by atoms with Crippen LogP contribution < -0.4 is 4.90 Å². The quantitative estimate of drug-likeness (QED) is 0.794. The van der Waals surface area contributed by atoms with Crippen molar-refractivity contribution in [1.29, 1.82) is 5.26 Å². The van der Waals surface area contributed by atoms with Gasteiger partial charge in [-0.05, 0) is 30.3 Å². The van der Waals surface area contributed by atoms with E-state index in [4.69, 9.17) is 5.26 Å². The van der Waals surface area contributed by atoms with Crippen LogP contribution in [0.5, 0.6) is 0 Å². The number of nitriles is 1. The molecule has 0 fully saturated rings. The Kier molecular flexibility index (Phi) is 2.99. The van der Waals surface area contributed by atoms with Gasteiger partial charge in [0.05, 0.1) is 29.3 Å². The van der Waals surface area contributed by atoms with Crippen molar-refractivity contribution in [2.45, 2.75) is 6.42 Å². The third-order valence-electron chi connectivity index (χ3n) is 3.35. The van der Waals surface area contributed by atoms with Gasteiger partial charge >= 0.3 is 0 Å². The molecule has 102 valence electrons. The Morgan fingerprint density at radius 3 is 2.24 bits per heavy atom. The number of fused-ring (bicyclic) bond motifs is 1. The van der Waals surface area contributed by atoms with Gasteiger partial charge in [0.15, 0.2) is 0 Å². The molecule has 1 heterocycles. The minimum absolute atomic E-state index is 0.122. The zero-order valence-corrected chi connectivity index (χ0v) is 10.8. The highest BCUT2D eigenvalue weighted by Crippen LogP contribution is 2.29. The van der Waals surface area contributed by atoms with E-state index in [0.717, 1.165) is 11.0 Å². The Morgan fingerprint density at radius 1 is 1.05 bits per heavy atom. The van der Waals surface area contributed by atoms with Gasteiger partial charge in [-0.3, -0.25) is 9.59 Å². The highest BCUT2D eigenvalue weighted by molar-refractivity contribution is 6.34. The van der Waals surface area contributed by atoms with E-state index in [2.05, 4.69) is 0 Å². The third kappa shape index (κ3) is 1.98. The van der Waals surface area contributed by atoms with E-state index in [1.807, 2.05) is 6.07 Å². The summed E-state index contributed by atoms with van der Waals surface area (Å²) >= 11 is 0. The van der Waals surface area contributed by atoms with Gasteiger partial charge < -0.3 is 0 Å². The fraction of sp³-hybridized carbons (Fsp3) is 0.0625. The average molecular weight is 280 g/mol. The van der Waals surface area contributed by atoms with E-state index < -0.39 is 17.6 Å². The van der Waals surface area contributed by atoms with E-state index >= 15 is 0 Å². The molecular formula is C16H9FN2O2. The van der Waals surface area contributed by atoms with Crippen LogP contribution in [-0.4, -0.2) is 11.8 Å². The minimum atomic E-state index is -0.531. The summed E-state index contributed by atoms with van der Waals surface area (Å²) in [4.78, 5) is 25.6. The lowest BCUT2D eigenvalue weighted by molar-refractivity contribution is 0.0926. The Balaban J connectivity index is 2.07. The van der Waals surface area contributed by atoms with Crippen molar-refractivity contribution in [3.63, 3.8) is 0 Å². The second kappa shape index (κ2) is 4.84. The Labute approximate surface area is 120 Å². The van der Waals surface area contributed by atoms with E-state index in [0.29, 0.717) is 11.1 Å². The van der Waals surface area contributed by atoms with Crippen LogP contribution >= 0.6 is 0 Å². The molecule has 2 aromatic carbocycles. The molecule has 21 heavy (non-hydrogen) atoms. The molecule has 5 heteroatoms. The predicted molar refractivity (Wildman–Crippen MR) is 73.3 cm³/mol. The number of rotatable bonds is 2. The molecular weight excluding hydrogens is 271 g/mol. The summed E-state index contributed by atoms with van der Waals surface area (Å²) in [6, 6.07) is 12.2. The van der Waals surface area contributed by atoms with Crippen molar-refractivity contribution in [2.75, 3.05) is 4.90 Å². The molecule has 0 aromatic heterocycles. The molecule has 0 saturated heterocycles. The molecule has 0 bridgehead atoms. The SMILES string of the molecule is N#CCc1cc(N2C(=O)c3ccccc3C2=O)ccc1F. The molecule has 0 N–H and O–H groups in total. The number of hydrogen-bond acceptors (Lipinski definition) is 3. The molecule has 0 radical (unpaired) electrons. The fourth-order valence-corrected chi connectivity index (χ4v) is 2.34. The number of hydrogen-bond donors (Lipinski definition) is 0. The number of carbonyl (C=O) groups excluding carboxylic acids is 2. The predicted octanol–water partition coefficient (Wildman–Crippen LogP) is 2.69. The summed E-state index contributed by atoms with van der Waals surface area (Å²) in [6.45, 7) is 0. The second-order valence-electron chi connectivity index (χ2n) is 4.60. The summed E-state index contributed by atoms with van der Waals surface area (Å²) in [5.74, 6) is -1.41. The van der Waals surface area contributed by atoms with Crippen LogP contribution in [0.1, 0.15) is 26.3 Å². The molecule has 0 saturated carbocycles. The number of benzene rings is 2. The molecule has 2 aromatic rings. The maximum atomic E-state index is 13.6. The zero-order chi connectivity index (χ0) is 15.0. The van der Waals surface area contributed by atoms with Gasteiger partial charge in [0.1, 0.15) is 5.82 Å². The Hall–Kier alpha value is -3.00. The van der Waals surface area contributed by atoms with Gasteiger partial charge in [-0.25, -0.2) is 9.29 Å². The number of anilines is 1. The number of carbonyl (C=O) groups is 2. The summed E-state index contributed by atoms with van der Waals surface area (Å²) in [5, 5.41) is 8.68.